The fourth-order valence-corrected chi connectivity index (χ4v) is 0.971. The molecule has 2 heteroatoms. The van der Waals surface area contributed by atoms with Crippen LogP contribution in [0.1, 0.15) is 27.2 Å². The molecule has 0 radical (unpaired) electrons. The van der Waals surface area contributed by atoms with Gasteiger partial charge >= 0.3 is 0 Å². The van der Waals surface area contributed by atoms with Crippen LogP contribution in [0, 0.1) is 0 Å². The molecule has 0 fully saturated rings. The summed E-state index contributed by atoms with van der Waals surface area (Å²) in [5, 5.41) is 0. The Labute approximate surface area is 74.8 Å². The molecule has 3 N–H and O–H groups in total. The quantitative estimate of drug-likeness (QED) is 0.382. The fourth-order valence-electron chi connectivity index (χ4n) is 0.971. The number of hydrogen-bond donors (Lipinski definition) is 2. The average molecular weight is 166 g/mol. The van der Waals surface area contributed by atoms with Crippen molar-refractivity contribution in [1.82, 2.24) is 5.43 Å². The topological polar surface area (TPSA) is 38.0 Å². The van der Waals surface area contributed by atoms with Crippen LogP contribution in [0.5, 0.6) is 0 Å². The van der Waals surface area contributed by atoms with Crippen LogP contribution in [-0.4, -0.2) is 0 Å². The van der Waals surface area contributed by atoms with Gasteiger partial charge in [0, 0.05) is 6.20 Å². The summed E-state index contributed by atoms with van der Waals surface area (Å²) in [5.41, 5.74) is 6.05. The number of nitrogens with one attached hydrogen (secondary N) is 1. The van der Waals surface area contributed by atoms with E-state index in [0.29, 0.717) is 0 Å². The Balaban J connectivity index is 4.66. The van der Waals surface area contributed by atoms with E-state index in [4.69, 9.17) is 5.84 Å². The molecule has 0 rings (SSSR count). The molecule has 0 aromatic carbocycles. The summed E-state index contributed by atoms with van der Waals surface area (Å²) >= 11 is 0. The Bertz CT molecular complexity index is 212. The highest BCUT2D eigenvalue weighted by atomic mass is 15.2. The minimum absolute atomic E-state index is 1.04. The van der Waals surface area contributed by atoms with Crippen LogP contribution in [0.15, 0.2) is 35.6 Å². The average Bonchev–Trinajstić information content (AvgIpc) is 2.04. The lowest BCUT2D eigenvalue weighted by atomic mass is 10.0. The van der Waals surface area contributed by atoms with Crippen LogP contribution in [0.3, 0.4) is 0 Å². The van der Waals surface area contributed by atoms with Crippen LogP contribution in [-0.2, 0) is 0 Å². The molecule has 0 amide bonds. The third-order valence-electron chi connectivity index (χ3n) is 1.80. The van der Waals surface area contributed by atoms with E-state index in [1.54, 1.807) is 6.20 Å². The highest BCUT2D eigenvalue weighted by molar-refractivity contribution is 5.39. The van der Waals surface area contributed by atoms with Crippen molar-refractivity contribution in [2.45, 2.75) is 27.2 Å². The van der Waals surface area contributed by atoms with Gasteiger partial charge in [0.25, 0.3) is 0 Å². The molecule has 2 nitrogen and oxygen atoms in total. The molecule has 68 valence electrons. The van der Waals surface area contributed by atoms with Gasteiger partial charge in [0.1, 0.15) is 0 Å². The highest BCUT2D eigenvalue weighted by Crippen LogP contribution is 2.16. The Hall–Kier alpha value is -1.02. The zero-order valence-electron chi connectivity index (χ0n) is 8.15. The third kappa shape index (κ3) is 3.39. The van der Waals surface area contributed by atoms with Crippen LogP contribution in [0.2, 0.25) is 0 Å². The van der Waals surface area contributed by atoms with Gasteiger partial charge in [-0.2, -0.15) is 0 Å². The van der Waals surface area contributed by atoms with Gasteiger partial charge < -0.3 is 5.43 Å². The SMILES string of the molecule is C=C(C)C(/C=C\NN)=C(/C)CC. The van der Waals surface area contributed by atoms with Crippen molar-refractivity contribution in [2.75, 3.05) is 0 Å². The minimum atomic E-state index is 1.04. The molecule has 0 heterocycles. The molecule has 0 bridgehead atoms. The standard InChI is InChI=1S/C10H18N2/c1-5-9(4)10(8(2)3)6-7-12-11/h6-7,12H,2,5,11H2,1,3-4H3/b7-6-,10-9-. The fraction of sp³-hybridized carbons (Fsp3) is 0.400. The lowest BCUT2D eigenvalue weighted by Crippen LogP contribution is -2.13. The van der Waals surface area contributed by atoms with Crippen LogP contribution < -0.4 is 11.3 Å². The van der Waals surface area contributed by atoms with E-state index in [1.165, 1.54) is 11.1 Å². The molecule has 0 saturated carbocycles. The summed E-state index contributed by atoms with van der Waals surface area (Å²) in [6, 6.07) is 0. The Morgan fingerprint density at radius 2 is 2.08 bits per heavy atom. The number of nitrogens with two attached hydrogens (primary N) is 1. The van der Waals surface area contributed by atoms with Crippen molar-refractivity contribution in [2.24, 2.45) is 5.84 Å². The van der Waals surface area contributed by atoms with E-state index >= 15 is 0 Å². The summed E-state index contributed by atoms with van der Waals surface area (Å²) < 4.78 is 0. The van der Waals surface area contributed by atoms with E-state index in [9.17, 15) is 0 Å². The lowest BCUT2D eigenvalue weighted by molar-refractivity contribution is 0.963. The van der Waals surface area contributed by atoms with Crippen molar-refractivity contribution in [1.29, 1.82) is 0 Å². The molecule has 0 aliphatic heterocycles. The number of hydrogen-bond acceptors (Lipinski definition) is 2. The number of allylic oxidation sites excluding steroid dienone is 4. The van der Waals surface area contributed by atoms with Gasteiger partial charge in [-0.15, -0.1) is 0 Å². The van der Waals surface area contributed by atoms with E-state index in [1.807, 2.05) is 13.0 Å². The summed E-state index contributed by atoms with van der Waals surface area (Å²) in [5.74, 6) is 5.13. The summed E-state index contributed by atoms with van der Waals surface area (Å²) in [4.78, 5) is 0. The maximum absolute atomic E-state index is 5.13. The van der Waals surface area contributed by atoms with Gasteiger partial charge in [0.2, 0.25) is 0 Å². The predicted molar refractivity (Wildman–Crippen MR) is 54.3 cm³/mol. The summed E-state index contributed by atoms with van der Waals surface area (Å²) in [7, 11) is 0. The van der Waals surface area contributed by atoms with E-state index < -0.39 is 0 Å². The predicted octanol–water partition coefficient (Wildman–Crippen LogP) is 2.27. The van der Waals surface area contributed by atoms with Gasteiger partial charge in [-0.25, -0.2) is 0 Å². The molecule has 0 atom stereocenters. The van der Waals surface area contributed by atoms with Gasteiger partial charge in [-0.05, 0) is 31.9 Å². The number of hydrazine groups is 1. The van der Waals surface area contributed by atoms with Crippen LogP contribution in [0.25, 0.3) is 0 Å². The highest BCUT2D eigenvalue weighted by Gasteiger charge is 1.96. The zero-order chi connectivity index (χ0) is 9.56. The minimum Gasteiger partial charge on any atom is -0.331 e. The Kier molecular flexibility index (Phi) is 5.13. The molecule has 0 spiro atoms. The molecule has 12 heavy (non-hydrogen) atoms. The molecular weight excluding hydrogens is 148 g/mol. The van der Waals surface area contributed by atoms with Gasteiger partial charge in [-0.1, -0.05) is 24.6 Å². The Morgan fingerprint density at radius 1 is 1.50 bits per heavy atom. The maximum atomic E-state index is 5.13. The Morgan fingerprint density at radius 3 is 2.42 bits per heavy atom. The van der Waals surface area contributed by atoms with Crippen molar-refractivity contribution < 1.29 is 0 Å². The largest absolute Gasteiger partial charge is 0.331 e. The smallest absolute Gasteiger partial charge is 0.0129 e. The van der Waals surface area contributed by atoms with Crippen LogP contribution in [0.4, 0.5) is 0 Å². The third-order valence-corrected chi connectivity index (χ3v) is 1.80. The second-order valence-electron chi connectivity index (χ2n) is 2.83. The van der Waals surface area contributed by atoms with Crippen molar-refractivity contribution >= 4 is 0 Å². The molecule has 0 aromatic rings. The van der Waals surface area contributed by atoms with Crippen molar-refractivity contribution in [3.05, 3.63) is 35.6 Å². The first-order chi connectivity index (χ1) is 5.63. The van der Waals surface area contributed by atoms with Crippen molar-refractivity contribution in [3.8, 4) is 0 Å². The molecular formula is C10H18N2. The second-order valence-corrected chi connectivity index (χ2v) is 2.83. The first-order valence-electron chi connectivity index (χ1n) is 4.11. The molecule has 0 aliphatic rings. The van der Waals surface area contributed by atoms with Gasteiger partial charge in [-0.3, -0.25) is 5.84 Å². The van der Waals surface area contributed by atoms with Crippen molar-refractivity contribution in [3.63, 3.8) is 0 Å². The van der Waals surface area contributed by atoms with E-state index in [2.05, 4.69) is 25.9 Å². The van der Waals surface area contributed by atoms with Gasteiger partial charge in [0.15, 0.2) is 0 Å². The molecule has 0 unspecified atom stereocenters. The first kappa shape index (κ1) is 11.0. The molecule has 0 saturated heterocycles. The van der Waals surface area contributed by atoms with E-state index in [-0.39, 0.29) is 0 Å². The van der Waals surface area contributed by atoms with Crippen LogP contribution >= 0.6 is 0 Å². The summed E-state index contributed by atoms with van der Waals surface area (Å²) in [6.07, 6.45) is 4.70. The van der Waals surface area contributed by atoms with Gasteiger partial charge in [0.05, 0.1) is 0 Å². The van der Waals surface area contributed by atoms with E-state index in [0.717, 1.165) is 12.0 Å². The molecule has 0 aromatic heterocycles. The second kappa shape index (κ2) is 5.61. The number of rotatable bonds is 4. The first-order valence-corrected chi connectivity index (χ1v) is 4.11. The zero-order valence-corrected chi connectivity index (χ0v) is 8.15. The monoisotopic (exact) mass is 166 g/mol. The maximum Gasteiger partial charge on any atom is 0.0129 e. The normalized spacial score (nSPS) is 13.0. The summed E-state index contributed by atoms with van der Waals surface area (Å²) in [6.45, 7) is 10.1. The lowest BCUT2D eigenvalue weighted by Gasteiger charge is -2.05. The molecule has 0 aliphatic carbocycles.